The van der Waals surface area contributed by atoms with Gasteiger partial charge in [0.15, 0.2) is 0 Å². The van der Waals surface area contributed by atoms with Gasteiger partial charge in [-0.2, -0.15) is 5.10 Å². The van der Waals surface area contributed by atoms with Gasteiger partial charge in [-0.25, -0.2) is 8.42 Å². The lowest BCUT2D eigenvalue weighted by molar-refractivity contribution is -0.384. The van der Waals surface area contributed by atoms with Crippen LogP contribution in [0, 0.1) is 10.1 Å². The predicted molar refractivity (Wildman–Crippen MR) is 118 cm³/mol. The normalized spacial score (nSPS) is 11.4. The number of hydrazone groups is 1. The maximum atomic E-state index is 12.6. The van der Waals surface area contributed by atoms with Gasteiger partial charge in [0.05, 0.1) is 16.0 Å². The molecule has 0 atom stereocenters. The Kier molecular flexibility index (Phi) is 6.56. The molecule has 0 aliphatic heterocycles. The lowest BCUT2D eigenvalue weighted by Gasteiger charge is -2.09. The van der Waals surface area contributed by atoms with Gasteiger partial charge in [0, 0.05) is 27.4 Å². The molecular formula is C19H14Cl2N4O4S. The molecule has 8 nitrogen and oxygen atoms in total. The minimum absolute atomic E-state index is 0.0220. The molecule has 0 aromatic heterocycles. The second kappa shape index (κ2) is 9.12. The van der Waals surface area contributed by atoms with Crippen LogP contribution in [0.15, 0.2) is 76.7 Å². The van der Waals surface area contributed by atoms with E-state index in [-0.39, 0.29) is 16.3 Å². The number of sulfonamides is 1. The van der Waals surface area contributed by atoms with E-state index in [4.69, 9.17) is 23.2 Å². The van der Waals surface area contributed by atoms with E-state index >= 15 is 0 Å². The highest BCUT2D eigenvalue weighted by atomic mass is 35.5. The zero-order valence-electron chi connectivity index (χ0n) is 15.1. The van der Waals surface area contributed by atoms with Gasteiger partial charge >= 0.3 is 0 Å². The summed E-state index contributed by atoms with van der Waals surface area (Å²) in [6.45, 7) is 0. The first-order valence-electron chi connectivity index (χ1n) is 8.37. The van der Waals surface area contributed by atoms with Crippen molar-refractivity contribution in [1.82, 2.24) is 0 Å². The van der Waals surface area contributed by atoms with Crippen LogP contribution in [-0.4, -0.2) is 19.6 Å². The Morgan fingerprint density at radius 1 is 1.00 bits per heavy atom. The molecule has 0 fully saturated rings. The number of nitrogens with zero attached hydrogens (tertiary/aromatic N) is 2. The first-order valence-corrected chi connectivity index (χ1v) is 10.6. The topological polar surface area (TPSA) is 114 Å². The first-order chi connectivity index (χ1) is 14.3. The van der Waals surface area contributed by atoms with E-state index < -0.39 is 20.6 Å². The fourth-order valence-electron chi connectivity index (χ4n) is 2.41. The van der Waals surface area contributed by atoms with Crippen molar-refractivity contribution in [2.75, 3.05) is 10.1 Å². The van der Waals surface area contributed by atoms with Crippen molar-refractivity contribution < 1.29 is 13.3 Å². The zero-order chi connectivity index (χ0) is 21.7. The molecule has 30 heavy (non-hydrogen) atoms. The molecule has 0 bridgehead atoms. The number of nitro groups is 1. The van der Waals surface area contributed by atoms with Gasteiger partial charge in [-0.1, -0.05) is 41.4 Å². The highest BCUT2D eigenvalue weighted by Gasteiger charge is 2.21. The van der Waals surface area contributed by atoms with Crippen LogP contribution in [0.1, 0.15) is 5.56 Å². The summed E-state index contributed by atoms with van der Waals surface area (Å²) in [5, 5.41) is 16.3. The standard InChI is InChI=1S/C19H14Cl2N4O4S/c20-14-5-7-15(8-6-14)24-30(28,29)16-9-10-18(19(11-16)25(26)27)23-22-12-13-3-1-2-4-17(13)21/h1-12,23-24H/b22-12+. The van der Waals surface area contributed by atoms with Gasteiger partial charge < -0.3 is 0 Å². The van der Waals surface area contributed by atoms with Crippen LogP contribution in [0.25, 0.3) is 0 Å². The van der Waals surface area contributed by atoms with Crippen LogP contribution in [0.4, 0.5) is 17.1 Å². The van der Waals surface area contributed by atoms with Gasteiger partial charge in [-0.05, 0) is 42.5 Å². The first kappa shape index (κ1) is 21.6. The van der Waals surface area contributed by atoms with Crippen molar-refractivity contribution in [3.05, 3.63) is 92.5 Å². The Balaban J connectivity index is 1.85. The summed E-state index contributed by atoms with van der Waals surface area (Å²) in [6, 6.07) is 16.4. The third kappa shape index (κ3) is 5.26. The van der Waals surface area contributed by atoms with Crippen LogP contribution < -0.4 is 10.1 Å². The molecule has 154 valence electrons. The summed E-state index contributed by atoms with van der Waals surface area (Å²) in [5.74, 6) is 0. The Hall–Kier alpha value is -3.14. The van der Waals surface area contributed by atoms with Crippen molar-refractivity contribution in [3.8, 4) is 0 Å². The van der Waals surface area contributed by atoms with E-state index in [2.05, 4.69) is 15.2 Å². The Morgan fingerprint density at radius 3 is 2.37 bits per heavy atom. The van der Waals surface area contributed by atoms with Crippen LogP contribution in [-0.2, 0) is 10.0 Å². The van der Waals surface area contributed by atoms with Crippen LogP contribution in [0.5, 0.6) is 0 Å². The van der Waals surface area contributed by atoms with Gasteiger partial charge in [0.25, 0.3) is 15.7 Å². The number of hydrogen-bond acceptors (Lipinski definition) is 6. The Labute approximate surface area is 182 Å². The Morgan fingerprint density at radius 2 is 1.70 bits per heavy atom. The maximum Gasteiger partial charge on any atom is 0.295 e. The van der Waals surface area contributed by atoms with Crippen molar-refractivity contribution in [2.24, 2.45) is 5.10 Å². The van der Waals surface area contributed by atoms with Crippen molar-refractivity contribution >= 4 is 56.5 Å². The largest absolute Gasteiger partial charge is 0.295 e. The average molecular weight is 465 g/mol. The summed E-state index contributed by atoms with van der Waals surface area (Å²) in [6.07, 6.45) is 1.40. The number of anilines is 2. The molecule has 3 rings (SSSR count). The number of nitro benzene ring substituents is 1. The smallest absolute Gasteiger partial charge is 0.280 e. The molecule has 2 N–H and O–H groups in total. The van der Waals surface area contributed by atoms with Crippen molar-refractivity contribution in [1.29, 1.82) is 0 Å². The molecule has 3 aromatic rings. The number of nitrogens with one attached hydrogen (secondary N) is 2. The molecule has 0 radical (unpaired) electrons. The fraction of sp³-hybridized carbons (Fsp3) is 0. The molecule has 0 saturated heterocycles. The van der Waals surface area contributed by atoms with Gasteiger partial charge in [-0.3, -0.25) is 20.3 Å². The molecule has 0 saturated carbocycles. The molecule has 0 amide bonds. The van der Waals surface area contributed by atoms with E-state index in [1.54, 1.807) is 24.3 Å². The van der Waals surface area contributed by atoms with Crippen LogP contribution >= 0.6 is 23.2 Å². The molecule has 0 unspecified atom stereocenters. The third-order valence-corrected chi connectivity index (χ3v) is 5.84. The number of hydrogen-bond donors (Lipinski definition) is 2. The second-order valence-corrected chi connectivity index (χ2v) is 8.47. The lowest BCUT2D eigenvalue weighted by Crippen LogP contribution is -2.13. The van der Waals surface area contributed by atoms with E-state index in [1.165, 1.54) is 42.6 Å². The minimum Gasteiger partial charge on any atom is -0.280 e. The number of halogens is 2. The van der Waals surface area contributed by atoms with Crippen molar-refractivity contribution in [2.45, 2.75) is 4.90 Å². The van der Waals surface area contributed by atoms with Gasteiger partial charge in [0.1, 0.15) is 5.69 Å². The van der Waals surface area contributed by atoms with E-state index in [0.717, 1.165) is 6.07 Å². The van der Waals surface area contributed by atoms with Crippen LogP contribution in [0.3, 0.4) is 0 Å². The second-order valence-electron chi connectivity index (χ2n) is 5.94. The molecule has 11 heteroatoms. The summed E-state index contributed by atoms with van der Waals surface area (Å²) < 4.78 is 27.5. The third-order valence-electron chi connectivity index (χ3n) is 3.87. The summed E-state index contributed by atoms with van der Waals surface area (Å²) in [5.41, 5.74) is 3.00. The zero-order valence-corrected chi connectivity index (χ0v) is 17.4. The van der Waals surface area contributed by atoms with E-state index in [1.807, 2.05) is 0 Å². The van der Waals surface area contributed by atoms with E-state index in [0.29, 0.717) is 15.6 Å². The number of benzene rings is 3. The van der Waals surface area contributed by atoms with Crippen molar-refractivity contribution in [3.63, 3.8) is 0 Å². The quantitative estimate of drug-likeness (QED) is 0.285. The Bertz CT molecular complexity index is 1220. The van der Waals surface area contributed by atoms with Gasteiger partial charge in [0.2, 0.25) is 0 Å². The lowest BCUT2D eigenvalue weighted by atomic mass is 10.2. The fourth-order valence-corrected chi connectivity index (χ4v) is 3.80. The molecule has 0 heterocycles. The predicted octanol–water partition coefficient (Wildman–Crippen LogP) is 5.15. The molecule has 0 aliphatic rings. The molecule has 0 spiro atoms. The minimum atomic E-state index is -4.05. The monoisotopic (exact) mass is 464 g/mol. The summed E-state index contributed by atoms with van der Waals surface area (Å²) in [4.78, 5) is 10.5. The van der Waals surface area contributed by atoms with Crippen LogP contribution in [0.2, 0.25) is 10.0 Å². The van der Waals surface area contributed by atoms with Gasteiger partial charge in [-0.15, -0.1) is 0 Å². The summed E-state index contributed by atoms with van der Waals surface area (Å²) >= 11 is 11.8. The van der Waals surface area contributed by atoms with E-state index in [9.17, 15) is 18.5 Å². The molecule has 0 aliphatic carbocycles. The SMILES string of the molecule is O=[N+]([O-])c1cc(S(=O)(=O)Nc2ccc(Cl)cc2)ccc1N/N=C/c1ccccc1Cl. The average Bonchev–Trinajstić information content (AvgIpc) is 2.71. The molecule has 3 aromatic carbocycles. The highest BCUT2D eigenvalue weighted by Crippen LogP contribution is 2.29. The maximum absolute atomic E-state index is 12.6. The summed E-state index contributed by atoms with van der Waals surface area (Å²) in [7, 11) is -4.05. The molecular weight excluding hydrogens is 451 g/mol. The number of rotatable bonds is 7. The highest BCUT2D eigenvalue weighted by molar-refractivity contribution is 7.92.